The first-order chi connectivity index (χ1) is 9.75. The maximum absolute atomic E-state index is 9.33. The third kappa shape index (κ3) is 2.30. The van der Waals surface area contributed by atoms with Crippen LogP contribution in [0.15, 0.2) is 36.9 Å². The van der Waals surface area contributed by atoms with E-state index in [9.17, 15) is 5.11 Å². The predicted molar refractivity (Wildman–Crippen MR) is 74.6 cm³/mol. The molecule has 0 fully saturated rings. The number of pyridine rings is 1. The summed E-state index contributed by atoms with van der Waals surface area (Å²) < 4.78 is 1.66. The second-order valence-electron chi connectivity index (χ2n) is 4.43. The Morgan fingerprint density at radius 3 is 2.95 bits per heavy atom. The van der Waals surface area contributed by atoms with Crippen LogP contribution in [-0.2, 0) is 0 Å². The van der Waals surface area contributed by atoms with Crippen LogP contribution in [0.4, 0.5) is 5.82 Å². The highest BCUT2D eigenvalue weighted by atomic mass is 16.3. The maximum atomic E-state index is 9.33. The van der Waals surface area contributed by atoms with Gasteiger partial charge in [-0.15, -0.1) is 0 Å². The number of hydrogen-bond acceptors (Lipinski definition) is 6. The van der Waals surface area contributed by atoms with Gasteiger partial charge in [-0.25, -0.2) is 15.0 Å². The first-order valence-electron chi connectivity index (χ1n) is 6.28. The fourth-order valence-corrected chi connectivity index (χ4v) is 1.88. The number of nitrogens with one attached hydrogen (secondary N) is 1. The van der Waals surface area contributed by atoms with Gasteiger partial charge in [0.05, 0.1) is 17.7 Å². The molecule has 2 N–H and O–H groups in total. The van der Waals surface area contributed by atoms with Crippen molar-refractivity contribution in [2.45, 2.75) is 13.0 Å². The minimum Gasteiger partial charge on any atom is -0.392 e. The zero-order valence-corrected chi connectivity index (χ0v) is 10.9. The average molecular weight is 270 g/mol. The molecule has 0 bridgehead atoms. The molecule has 3 aromatic rings. The summed E-state index contributed by atoms with van der Waals surface area (Å²) in [6, 6.07) is 5.60. The van der Waals surface area contributed by atoms with E-state index in [1.165, 1.54) is 6.33 Å². The topological polar surface area (TPSA) is 88.8 Å². The van der Waals surface area contributed by atoms with Gasteiger partial charge in [0.2, 0.25) is 0 Å². The Balaban J connectivity index is 2.03. The largest absolute Gasteiger partial charge is 0.392 e. The van der Waals surface area contributed by atoms with Crippen LogP contribution in [0.3, 0.4) is 0 Å². The maximum Gasteiger partial charge on any atom is 0.170 e. The van der Waals surface area contributed by atoms with Gasteiger partial charge in [-0.1, -0.05) is 6.07 Å². The molecule has 0 saturated carbocycles. The van der Waals surface area contributed by atoms with Gasteiger partial charge < -0.3 is 10.4 Å². The lowest BCUT2D eigenvalue weighted by Crippen LogP contribution is -2.16. The van der Waals surface area contributed by atoms with Gasteiger partial charge in [-0.3, -0.25) is 0 Å². The molecule has 1 unspecified atom stereocenters. The minimum atomic E-state index is -0.453. The van der Waals surface area contributed by atoms with Gasteiger partial charge in [0, 0.05) is 12.7 Å². The quantitative estimate of drug-likeness (QED) is 0.735. The molecule has 3 heterocycles. The predicted octanol–water partition coefficient (Wildman–Crippen LogP) is 1.00. The summed E-state index contributed by atoms with van der Waals surface area (Å²) in [5.74, 6) is 1.35. The normalized spacial score (nSPS) is 12.5. The van der Waals surface area contributed by atoms with Crippen LogP contribution in [0.2, 0.25) is 0 Å². The van der Waals surface area contributed by atoms with Crippen LogP contribution in [0.5, 0.6) is 0 Å². The number of fused-ring (bicyclic) bond motifs is 1. The van der Waals surface area contributed by atoms with Crippen molar-refractivity contribution in [1.29, 1.82) is 0 Å². The summed E-state index contributed by atoms with van der Waals surface area (Å²) in [6.45, 7) is 2.13. The molecule has 0 aliphatic rings. The number of rotatable bonds is 4. The second-order valence-corrected chi connectivity index (χ2v) is 4.43. The van der Waals surface area contributed by atoms with Crippen LogP contribution in [0.1, 0.15) is 6.92 Å². The van der Waals surface area contributed by atoms with Crippen molar-refractivity contribution in [2.24, 2.45) is 0 Å². The van der Waals surface area contributed by atoms with Crippen molar-refractivity contribution >= 4 is 16.9 Å². The number of hydrogen-bond donors (Lipinski definition) is 2. The summed E-state index contributed by atoms with van der Waals surface area (Å²) in [5.41, 5.74) is 0.673. The molecule has 0 aliphatic carbocycles. The van der Waals surface area contributed by atoms with E-state index in [-0.39, 0.29) is 0 Å². The molecule has 3 rings (SSSR count). The molecule has 7 heteroatoms. The Bertz CT molecular complexity index is 709. The highest BCUT2D eigenvalue weighted by molar-refractivity contribution is 5.86. The lowest BCUT2D eigenvalue weighted by Gasteiger charge is -2.08. The molecule has 0 radical (unpaired) electrons. The van der Waals surface area contributed by atoms with Crippen LogP contribution in [0.25, 0.3) is 16.9 Å². The van der Waals surface area contributed by atoms with Gasteiger partial charge in [-0.05, 0) is 19.1 Å². The minimum absolute atomic E-state index is 0.418. The van der Waals surface area contributed by atoms with Crippen LogP contribution in [0, 0.1) is 0 Å². The summed E-state index contributed by atoms with van der Waals surface area (Å²) >= 11 is 0. The third-order valence-corrected chi connectivity index (χ3v) is 2.80. The lowest BCUT2D eigenvalue weighted by atomic mass is 10.3. The number of aliphatic hydroxyl groups excluding tert-OH is 1. The van der Waals surface area contributed by atoms with Gasteiger partial charge in [-0.2, -0.15) is 9.78 Å². The standard InChI is InChI=1S/C13H14N6O/c1-9(20)6-15-12-10-7-18-19(13(10)17-8-16-12)11-4-2-3-5-14-11/h2-5,7-9,20H,6H2,1H3,(H,15,16,17). The van der Waals surface area contributed by atoms with E-state index in [1.807, 2.05) is 18.2 Å². The smallest absolute Gasteiger partial charge is 0.170 e. The van der Waals surface area contributed by atoms with E-state index in [4.69, 9.17) is 0 Å². The summed E-state index contributed by atoms with van der Waals surface area (Å²) in [7, 11) is 0. The van der Waals surface area contributed by atoms with Crippen LogP contribution >= 0.6 is 0 Å². The molecule has 102 valence electrons. The molecule has 3 aromatic heterocycles. The van der Waals surface area contributed by atoms with Crippen molar-refractivity contribution in [2.75, 3.05) is 11.9 Å². The Morgan fingerprint density at radius 2 is 2.20 bits per heavy atom. The van der Waals surface area contributed by atoms with Crippen molar-refractivity contribution < 1.29 is 5.11 Å². The summed E-state index contributed by atoms with van der Waals surface area (Å²) in [6.07, 6.45) is 4.41. The molecule has 0 aromatic carbocycles. The fraction of sp³-hybridized carbons (Fsp3) is 0.231. The second kappa shape index (κ2) is 5.22. The van der Waals surface area contributed by atoms with Crippen molar-refractivity contribution in [3.63, 3.8) is 0 Å². The van der Waals surface area contributed by atoms with E-state index in [1.54, 1.807) is 24.0 Å². The zero-order chi connectivity index (χ0) is 13.9. The Morgan fingerprint density at radius 1 is 1.30 bits per heavy atom. The van der Waals surface area contributed by atoms with Crippen molar-refractivity contribution in [3.05, 3.63) is 36.9 Å². The molecule has 20 heavy (non-hydrogen) atoms. The number of nitrogens with zero attached hydrogens (tertiary/aromatic N) is 5. The molecule has 7 nitrogen and oxygen atoms in total. The van der Waals surface area contributed by atoms with E-state index >= 15 is 0 Å². The number of aliphatic hydroxyl groups is 1. The monoisotopic (exact) mass is 270 g/mol. The van der Waals surface area contributed by atoms with Crippen molar-refractivity contribution in [3.8, 4) is 5.82 Å². The van der Waals surface area contributed by atoms with E-state index in [0.29, 0.717) is 23.8 Å². The number of anilines is 1. The first kappa shape index (κ1) is 12.5. The van der Waals surface area contributed by atoms with E-state index in [2.05, 4.69) is 25.4 Å². The molecular formula is C13H14N6O. The van der Waals surface area contributed by atoms with Gasteiger partial charge >= 0.3 is 0 Å². The Labute approximate surface area is 115 Å². The summed E-state index contributed by atoms with van der Waals surface area (Å²) in [4.78, 5) is 12.7. The molecule has 1 atom stereocenters. The van der Waals surface area contributed by atoms with Crippen LogP contribution < -0.4 is 5.32 Å². The van der Waals surface area contributed by atoms with Gasteiger partial charge in [0.1, 0.15) is 12.1 Å². The SMILES string of the molecule is CC(O)CNc1ncnc2c1cnn2-c1ccccn1. The van der Waals surface area contributed by atoms with Gasteiger partial charge in [0.15, 0.2) is 11.5 Å². The fourth-order valence-electron chi connectivity index (χ4n) is 1.88. The highest BCUT2D eigenvalue weighted by Gasteiger charge is 2.11. The van der Waals surface area contributed by atoms with Gasteiger partial charge in [0.25, 0.3) is 0 Å². The molecule has 0 saturated heterocycles. The van der Waals surface area contributed by atoms with Crippen molar-refractivity contribution in [1.82, 2.24) is 24.7 Å². The highest BCUT2D eigenvalue weighted by Crippen LogP contribution is 2.20. The Kier molecular flexibility index (Phi) is 3.26. The Hall–Kier alpha value is -2.54. The van der Waals surface area contributed by atoms with Crippen LogP contribution in [-0.4, -0.2) is 42.5 Å². The molecule has 0 amide bonds. The average Bonchev–Trinajstić information content (AvgIpc) is 2.90. The molecular weight excluding hydrogens is 256 g/mol. The lowest BCUT2D eigenvalue weighted by molar-refractivity contribution is 0.208. The number of aromatic nitrogens is 5. The van der Waals surface area contributed by atoms with E-state index in [0.717, 1.165) is 5.39 Å². The summed E-state index contributed by atoms with van der Waals surface area (Å²) in [5, 5.41) is 17.5. The third-order valence-electron chi connectivity index (χ3n) is 2.80. The molecule has 0 aliphatic heterocycles. The first-order valence-corrected chi connectivity index (χ1v) is 6.28. The zero-order valence-electron chi connectivity index (χ0n) is 10.9. The molecule has 0 spiro atoms. The van der Waals surface area contributed by atoms with E-state index < -0.39 is 6.10 Å².